The number of carbonyl (C=O) groups is 2. The molecule has 1 unspecified atom stereocenters. The molecular weight excluding hydrogens is 246 g/mol. The predicted molar refractivity (Wildman–Crippen MR) is 72.2 cm³/mol. The van der Waals surface area contributed by atoms with Gasteiger partial charge in [0.25, 0.3) is 0 Å². The number of carboxylic acids is 1. The van der Waals surface area contributed by atoms with Gasteiger partial charge in [-0.05, 0) is 24.6 Å². The van der Waals surface area contributed by atoms with Gasteiger partial charge in [-0.15, -0.1) is 0 Å². The lowest BCUT2D eigenvalue weighted by Crippen LogP contribution is -2.41. The fourth-order valence-corrected chi connectivity index (χ4v) is 1.99. The van der Waals surface area contributed by atoms with Gasteiger partial charge in [0, 0.05) is 30.4 Å². The third kappa shape index (κ3) is 4.17. The normalized spacial score (nSPS) is 18.5. The number of carboxylic acid groups (broad SMARTS) is 1. The molecule has 1 aromatic carbocycles. The molecule has 6 heteroatoms. The Hall–Kier alpha value is -2.24. The van der Waals surface area contributed by atoms with E-state index in [0.29, 0.717) is 13.0 Å². The Morgan fingerprint density at radius 3 is 2.89 bits per heavy atom. The fraction of sp³-hybridized carbons (Fsp3) is 0.385. The van der Waals surface area contributed by atoms with Crippen molar-refractivity contribution in [3.63, 3.8) is 0 Å². The molecule has 0 aliphatic carbocycles. The van der Waals surface area contributed by atoms with Gasteiger partial charge in [-0.2, -0.15) is 0 Å². The number of hydrogen-bond acceptors (Lipinski definition) is 4. The summed E-state index contributed by atoms with van der Waals surface area (Å²) in [7, 11) is 0. The first-order chi connectivity index (χ1) is 9.13. The summed E-state index contributed by atoms with van der Waals surface area (Å²) in [6.45, 7) is 0.508. The van der Waals surface area contributed by atoms with Crippen LogP contribution in [0, 0.1) is 0 Å². The van der Waals surface area contributed by atoms with Crippen LogP contribution in [-0.4, -0.2) is 36.1 Å². The molecule has 0 spiro atoms. The second kappa shape index (κ2) is 6.08. The topological polar surface area (TPSA) is 90.5 Å². The summed E-state index contributed by atoms with van der Waals surface area (Å²) in [5.41, 5.74) is 1.67. The van der Waals surface area contributed by atoms with E-state index in [4.69, 9.17) is 5.11 Å². The smallest absolute Gasteiger partial charge is 0.322 e. The van der Waals surface area contributed by atoms with Crippen LogP contribution in [0.25, 0.3) is 0 Å². The summed E-state index contributed by atoms with van der Waals surface area (Å²) in [5, 5.41) is 17.6. The summed E-state index contributed by atoms with van der Waals surface area (Å²) in [4.78, 5) is 21.5. The van der Waals surface area contributed by atoms with Crippen LogP contribution < -0.4 is 16.0 Å². The minimum Gasteiger partial charge on any atom is -0.480 e. The zero-order valence-electron chi connectivity index (χ0n) is 10.5. The molecule has 1 aromatic rings. The van der Waals surface area contributed by atoms with E-state index in [2.05, 4.69) is 16.0 Å². The van der Waals surface area contributed by atoms with Crippen molar-refractivity contribution >= 4 is 23.3 Å². The Morgan fingerprint density at radius 1 is 1.42 bits per heavy atom. The van der Waals surface area contributed by atoms with Crippen LogP contribution in [0.3, 0.4) is 0 Å². The molecule has 0 saturated carbocycles. The van der Waals surface area contributed by atoms with E-state index in [9.17, 15) is 9.59 Å². The molecule has 0 aromatic heterocycles. The molecule has 4 N–H and O–H groups in total. The number of carbonyl (C=O) groups excluding carboxylic acids is 1. The zero-order valence-corrected chi connectivity index (χ0v) is 10.5. The first-order valence-corrected chi connectivity index (χ1v) is 6.22. The van der Waals surface area contributed by atoms with Crippen molar-refractivity contribution in [1.82, 2.24) is 5.32 Å². The molecule has 1 heterocycles. The van der Waals surface area contributed by atoms with Crippen molar-refractivity contribution in [2.45, 2.75) is 18.9 Å². The highest BCUT2D eigenvalue weighted by Crippen LogP contribution is 2.17. The maximum atomic E-state index is 11.1. The number of piperidine rings is 1. The number of nitrogens with one attached hydrogen (secondary N) is 3. The van der Waals surface area contributed by atoms with Crippen molar-refractivity contribution in [3.05, 3.63) is 24.3 Å². The molecule has 6 nitrogen and oxygen atoms in total. The third-order valence-electron chi connectivity index (χ3n) is 2.94. The number of rotatable bonds is 5. The monoisotopic (exact) mass is 263 g/mol. The number of aliphatic carboxylic acids is 1. The third-order valence-corrected chi connectivity index (χ3v) is 2.94. The van der Waals surface area contributed by atoms with Crippen LogP contribution >= 0.6 is 0 Å². The molecule has 1 atom stereocenters. The van der Waals surface area contributed by atoms with Crippen LogP contribution in [0.15, 0.2) is 24.3 Å². The average Bonchev–Trinajstić information content (AvgIpc) is 2.40. The number of amides is 1. The van der Waals surface area contributed by atoms with Crippen molar-refractivity contribution in [2.24, 2.45) is 0 Å². The Labute approximate surface area is 111 Å². The van der Waals surface area contributed by atoms with E-state index in [1.165, 1.54) is 0 Å². The Morgan fingerprint density at radius 2 is 2.21 bits per heavy atom. The molecule has 1 saturated heterocycles. The maximum Gasteiger partial charge on any atom is 0.322 e. The van der Waals surface area contributed by atoms with Crippen LogP contribution in [0.1, 0.15) is 12.8 Å². The van der Waals surface area contributed by atoms with Gasteiger partial charge in [-0.1, -0.05) is 6.07 Å². The molecule has 1 aliphatic rings. The predicted octanol–water partition coefficient (Wildman–Crippen LogP) is 0.874. The molecular formula is C13H17N3O3. The van der Waals surface area contributed by atoms with E-state index in [1.54, 1.807) is 0 Å². The van der Waals surface area contributed by atoms with Gasteiger partial charge < -0.3 is 21.1 Å². The van der Waals surface area contributed by atoms with Crippen molar-refractivity contribution < 1.29 is 14.7 Å². The van der Waals surface area contributed by atoms with Gasteiger partial charge >= 0.3 is 5.97 Å². The molecule has 0 bridgehead atoms. The Balaban J connectivity index is 1.91. The molecule has 2 rings (SSSR count). The van der Waals surface area contributed by atoms with Crippen LogP contribution in [-0.2, 0) is 9.59 Å². The number of hydrogen-bond donors (Lipinski definition) is 4. The molecule has 19 heavy (non-hydrogen) atoms. The van der Waals surface area contributed by atoms with E-state index in [1.807, 2.05) is 24.3 Å². The second-order valence-corrected chi connectivity index (χ2v) is 4.51. The Bertz CT molecular complexity index is 466. The van der Waals surface area contributed by atoms with Crippen LogP contribution in [0.4, 0.5) is 11.4 Å². The first-order valence-electron chi connectivity index (χ1n) is 6.22. The summed E-state index contributed by atoms with van der Waals surface area (Å²) < 4.78 is 0. The van der Waals surface area contributed by atoms with Gasteiger partial charge in [0.1, 0.15) is 6.54 Å². The summed E-state index contributed by atoms with van der Waals surface area (Å²) in [5.74, 6) is -0.803. The molecule has 1 amide bonds. The first kappa shape index (κ1) is 13.2. The molecule has 1 aliphatic heterocycles. The standard InChI is InChI=1S/C13H17N3O3/c17-12-5-4-11(7-15-12)16-10-3-1-2-9(6-10)14-8-13(18)19/h1-3,6,11,14,16H,4-5,7-8H2,(H,15,17)(H,18,19). The number of anilines is 2. The quantitative estimate of drug-likeness (QED) is 0.633. The summed E-state index contributed by atoms with van der Waals surface area (Å²) >= 11 is 0. The average molecular weight is 263 g/mol. The zero-order chi connectivity index (χ0) is 13.7. The van der Waals surface area contributed by atoms with Gasteiger partial charge in [0.15, 0.2) is 0 Å². The van der Waals surface area contributed by atoms with E-state index in [0.717, 1.165) is 17.8 Å². The maximum absolute atomic E-state index is 11.1. The van der Waals surface area contributed by atoms with Gasteiger partial charge in [0.2, 0.25) is 5.91 Å². The van der Waals surface area contributed by atoms with Gasteiger partial charge in [-0.25, -0.2) is 0 Å². The Kier molecular flexibility index (Phi) is 4.22. The minimum absolute atomic E-state index is 0.0925. The van der Waals surface area contributed by atoms with Crippen molar-refractivity contribution in [1.29, 1.82) is 0 Å². The van der Waals surface area contributed by atoms with E-state index in [-0.39, 0.29) is 18.5 Å². The van der Waals surface area contributed by atoms with E-state index >= 15 is 0 Å². The summed E-state index contributed by atoms with van der Waals surface area (Å²) in [6, 6.07) is 7.67. The van der Waals surface area contributed by atoms with Crippen molar-refractivity contribution in [3.8, 4) is 0 Å². The second-order valence-electron chi connectivity index (χ2n) is 4.51. The molecule has 102 valence electrons. The van der Waals surface area contributed by atoms with E-state index < -0.39 is 5.97 Å². The highest BCUT2D eigenvalue weighted by atomic mass is 16.4. The van der Waals surface area contributed by atoms with Crippen LogP contribution in [0.2, 0.25) is 0 Å². The van der Waals surface area contributed by atoms with Crippen LogP contribution in [0.5, 0.6) is 0 Å². The highest BCUT2D eigenvalue weighted by molar-refractivity contribution is 5.77. The lowest BCUT2D eigenvalue weighted by atomic mass is 10.1. The van der Waals surface area contributed by atoms with Crippen molar-refractivity contribution in [2.75, 3.05) is 23.7 Å². The number of benzene rings is 1. The minimum atomic E-state index is -0.895. The fourth-order valence-electron chi connectivity index (χ4n) is 1.99. The summed E-state index contributed by atoms with van der Waals surface area (Å²) in [6.07, 6.45) is 1.34. The molecule has 1 fully saturated rings. The lowest BCUT2D eigenvalue weighted by molar-refractivity contribution is -0.135. The highest BCUT2D eigenvalue weighted by Gasteiger charge is 2.17. The molecule has 0 radical (unpaired) electrons. The van der Waals surface area contributed by atoms with Gasteiger partial charge in [-0.3, -0.25) is 9.59 Å². The largest absolute Gasteiger partial charge is 0.480 e. The van der Waals surface area contributed by atoms with Gasteiger partial charge in [0.05, 0.1) is 0 Å². The lowest BCUT2D eigenvalue weighted by Gasteiger charge is -2.24. The SMILES string of the molecule is O=C(O)CNc1cccc(NC2CCC(=O)NC2)c1.